The van der Waals surface area contributed by atoms with Crippen LogP contribution in [0, 0.1) is 28.1 Å². The fourth-order valence-corrected chi connectivity index (χ4v) is 5.03. The predicted octanol–water partition coefficient (Wildman–Crippen LogP) is 3.92. The molecule has 0 aromatic carbocycles. The highest BCUT2D eigenvalue weighted by Crippen LogP contribution is 2.65. The molecule has 3 heteroatoms. The SMILES string of the molecule is CC1(C)C2CCC1(C)C(NCc1cc(C#N)cs1)C2. The van der Waals surface area contributed by atoms with Crippen molar-refractivity contribution in [3.63, 3.8) is 0 Å². The number of nitriles is 1. The molecule has 19 heavy (non-hydrogen) atoms. The summed E-state index contributed by atoms with van der Waals surface area (Å²) < 4.78 is 0. The molecule has 2 saturated carbocycles. The number of fused-ring (bicyclic) bond motifs is 2. The number of thiophene rings is 1. The molecule has 0 saturated heterocycles. The summed E-state index contributed by atoms with van der Waals surface area (Å²) in [5.74, 6) is 0.882. The number of hydrogen-bond acceptors (Lipinski definition) is 3. The Bertz CT molecular complexity index is 525. The van der Waals surface area contributed by atoms with Gasteiger partial charge in [-0.25, -0.2) is 0 Å². The van der Waals surface area contributed by atoms with Crippen molar-refractivity contribution in [2.45, 2.75) is 52.6 Å². The van der Waals surface area contributed by atoms with Gasteiger partial charge in [0.05, 0.1) is 5.56 Å². The molecule has 2 fully saturated rings. The highest BCUT2D eigenvalue weighted by atomic mass is 32.1. The first-order valence-corrected chi connectivity index (χ1v) is 8.06. The third kappa shape index (κ3) is 1.85. The zero-order valence-corrected chi connectivity index (χ0v) is 12.8. The molecule has 2 nitrogen and oxygen atoms in total. The second-order valence-corrected chi connectivity index (χ2v) is 7.95. The Hall–Kier alpha value is -0.850. The molecule has 2 bridgehead atoms. The van der Waals surface area contributed by atoms with Gasteiger partial charge in [0.15, 0.2) is 0 Å². The van der Waals surface area contributed by atoms with Gasteiger partial charge in [-0.2, -0.15) is 5.26 Å². The molecule has 1 aromatic heterocycles. The van der Waals surface area contributed by atoms with Crippen LogP contribution >= 0.6 is 11.3 Å². The third-order valence-electron chi connectivity index (χ3n) is 6.10. The summed E-state index contributed by atoms with van der Waals surface area (Å²) in [4.78, 5) is 1.28. The maximum absolute atomic E-state index is 8.86. The van der Waals surface area contributed by atoms with Gasteiger partial charge in [-0.1, -0.05) is 20.8 Å². The van der Waals surface area contributed by atoms with Crippen molar-refractivity contribution >= 4 is 11.3 Å². The molecule has 0 amide bonds. The molecule has 3 rings (SSSR count). The summed E-state index contributed by atoms with van der Waals surface area (Å²) in [6.07, 6.45) is 4.08. The molecule has 2 aliphatic rings. The van der Waals surface area contributed by atoms with Gasteiger partial charge in [-0.15, -0.1) is 11.3 Å². The molecule has 2 aliphatic carbocycles. The van der Waals surface area contributed by atoms with Crippen molar-refractivity contribution < 1.29 is 0 Å². The number of hydrogen-bond donors (Lipinski definition) is 1. The summed E-state index contributed by atoms with van der Waals surface area (Å²) in [5.41, 5.74) is 1.70. The summed E-state index contributed by atoms with van der Waals surface area (Å²) in [6, 6.07) is 4.85. The monoisotopic (exact) mass is 274 g/mol. The number of nitrogens with zero attached hydrogens (tertiary/aromatic N) is 1. The van der Waals surface area contributed by atoms with Crippen molar-refractivity contribution in [1.82, 2.24) is 5.32 Å². The highest BCUT2D eigenvalue weighted by Gasteiger charge is 2.60. The van der Waals surface area contributed by atoms with E-state index in [1.807, 2.05) is 11.4 Å². The standard InChI is InChI=1S/C16H22N2S/c1-15(2)12-4-5-16(15,3)14(7-12)18-9-13-6-11(8-17)10-19-13/h6,10,12,14,18H,4-5,7,9H2,1-3H3. The van der Waals surface area contributed by atoms with Gasteiger partial charge in [0, 0.05) is 22.8 Å². The molecule has 0 radical (unpaired) electrons. The van der Waals surface area contributed by atoms with Gasteiger partial charge in [0.2, 0.25) is 0 Å². The van der Waals surface area contributed by atoms with Gasteiger partial charge >= 0.3 is 0 Å². The Balaban J connectivity index is 1.68. The maximum Gasteiger partial charge on any atom is 0.100 e. The average molecular weight is 274 g/mol. The van der Waals surface area contributed by atoms with Crippen molar-refractivity contribution in [3.05, 3.63) is 21.9 Å². The van der Waals surface area contributed by atoms with E-state index >= 15 is 0 Å². The Labute approximate surface area is 119 Å². The second kappa shape index (κ2) is 4.33. The van der Waals surface area contributed by atoms with E-state index < -0.39 is 0 Å². The van der Waals surface area contributed by atoms with Crippen LogP contribution < -0.4 is 5.32 Å². The van der Waals surface area contributed by atoms with E-state index in [4.69, 9.17) is 5.26 Å². The van der Waals surface area contributed by atoms with Gasteiger partial charge in [-0.05, 0) is 42.1 Å². The lowest BCUT2D eigenvalue weighted by Gasteiger charge is -2.39. The van der Waals surface area contributed by atoms with Gasteiger partial charge in [0.25, 0.3) is 0 Å². The Morgan fingerprint density at radius 2 is 2.26 bits per heavy atom. The molecule has 0 aliphatic heterocycles. The van der Waals surface area contributed by atoms with Gasteiger partial charge < -0.3 is 5.32 Å². The topological polar surface area (TPSA) is 35.8 Å². The molecule has 1 aromatic rings. The largest absolute Gasteiger partial charge is 0.309 e. The Morgan fingerprint density at radius 3 is 2.79 bits per heavy atom. The molecular formula is C16H22N2S. The van der Waals surface area contributed by atoms with Crippen molar-refractivity contribution in [2.75, 3.05) is 0 Å². The first kappa shape index (κ1) is 13.1. The minimum absolute atomic E-state index is 0.437. The van der Waals surface area contributed by atoms with Crippen LogP contribution in [0.4, 0.5) is 0 Å². The van der Waals surface area contributed by atoms with E-state index in [-0.39, 0.29) is 0 Å². The maximum atomic E-state index is 8.86. The van der Waals surface area contributed by atoms with E-state index in [1.54, 1.807) is 11.3 Å². The smallest absolute Gasteiger partial charge is 0.100 e. The Morgan fingerprint density at radius 1 is 1.47 bits per heavy atom. The molecule has 1 heterocycles. The van der Waals surface area contributed by atoms with Crippen LogP contribution in [0.15, 0.2) is 11.4 Å². The fourth-order valence-electron chi connectivity index (χ4n) is 4.27. The van der Waals surface area contributed by atoms with Crippen LogP contribution in [-0.2, 0) is 6.54 Å². The summed E-state index contributed by atoms with van der Waals surface area (Å²) in [6.45, 7) is 8.28. The summed E-state index contributed by atoms with van der Waals surface area (Å²) >= 11 is 1.69. The zero-order chi connectivity index (χ0) is 13.7. The van der Waals surface area contributed by atoms with Gasteiger partial charge in [-0.3, -0.25) is 0 Å². The lowest BCUT2D eigenvalue weighted by molar-refractivity contribution is 0.120. The molecular weight excluding hydrogens is 252 g/mol. The zero-order valence-electron chi connectivity index (χ0n) is 12.0. The van der Waals surface area contributed by atoms with Crippen LogP contribution in [0.1, 0.15) is 50.5 Å². The first-order valence-electron chi connectivity index (χ1n) is 7.18. The summed E-state index contributed by atoms with van der Waals surface area (Å²) in [5, 5.41) is 14.6. The normalized spacial score (nSPS) is 35.5. The molecule has 3 atom stereocenters. The van der Waals surface area contributed by atoms with Gasteiger partial charge in [0.1, 0.15) is 6.07 Å². The first-order chi connectivity index (χ1) is 8.97. The van der Waals surface area contributed by atoms with Crippen LogP contribution in [0.3, 0.4) is 0 Å². The molecule has 102 valence electrons. The average Bonchev–Trinajstić information content (AvgIpc) is 2.97. The fraction of sp³-hybridized carbons (Fsp3) is 0.688. The molecule has 1 N–H and O–H groups in total. The van der Waals surface area contributed by atoms with Crippen molar-refractivity contribution in [1.29, 1.82) is 5.26 Å². The minimum Gasteiger partial charge on any atom is -0.309 e. The van der Waals surface area contributed by atoms with Crippen molar-refractivity contribution in [2.24, 2.45) is 16.7 Å². The summed E-state index contributed by atoms with van der Waals surface area (Å²) in [7, 11) is 0. The van der Waals surface area contributed by atoms with E-state index in [0.29, 0.717) is 16.9 Å². The highest BCUT2D eigenvalue weighted by molar-refractivity contribution is 7.10. The lowest BCUT2D eigenvalue weighted by atomic mass is 9.69. The second-order valence-electron chi connectivity index (χ2n) is 6.96. The van der Waals surface area contributed by atoms with Crippen LogP contribution in [0.25, 0.3) is 0 Å². The quantitative estimate of drug-likeness (QED) is 0.906. The molecule has 3 unspecified atom stereocenters. The van der Waals surface area contributed by atoms with Crippen LogP contribution in [0.5, 0.6) is 0 Å². The number of rotatable bonds is 3. The number of nitrogens with one attached hydrogen (secondary N) is 1. The van der Waals surface area contributed by atoms with Crippen molar-refractivity contribution in [3.8, 4) is 6.07 Å². The lowest BCUT2D eigenvalue weighted by Crippen LogP contribution is -2.44. The van der Waals surface area contributed by atoms with E-state index in [0.717, 1.165) is 18.0 Å². The Kier molecular flexibility index (Phi) is 2.99. The van der Waals surface area contributed by atoms with E-state index in [2.05, 4.69) is 32.2 Å². The predicted molar refractivity (Wildman–Crippen MR) is 78.9 cm³/mol. The van der Waals surface area contributed by atoms with Crippen LogP contribution in [-0.4, -0.2) is 6.04 Å². The van der Waals surface area contributed by atoms with E-state index in [1.165, 1.54) is 24.1 Å². The minimum atomic E-state index is 0.437. The molecule has 0 spiro atoms. The van der Waals surface area contributed by atoms with Crippen LogP contribution in [0.2, 0.25) is 0 Å². The van der Waals surface area contributed by atoms with E-state index in [9.17, 15) is 0 Å². The third-order valence-corrected chi connectivity index (χ3v) is 7.04.